The lowest BCUT2D eigenvalue weighted by Gasteiger charge is -2.43. The molecule has 2 fully saturated rings. The van der Waals surface area contributed by atoms with Crippen molar-refractivity contribution in [2.45, 2.75) is 44.7 Å². The van der Waals surface area contributed by atoms with Gasteiger partial charge >= 0.3 is 0 Å². The summed E-state index contributed by atoms with van der Waals surface area (Å²) in [7, 11) is 0. The maximum absolute atomic E-state index is 11.5. The fraction of sp³-hybridized carbons (Fsp3) is 0.588. The highest BCUT2D eigenvalue weighted by atomic mass is 16.1. The number of fused-ring (bicyclic) bond motifs is 1. The summed E-state index contributed by atoms with van der Waals surface area (Å²) < 4.78 is 0. The SMILES string of the molecule is CC[C@H](N)c1ccccc1N1CCC2NC(=O)CCC2C1. The molecule has 0 radical (unpaired) electrons. The third-order valence-electron chi connectivity index (χ3n) is 4.94. The normalized spacial score (nSPS) is 27.0. The molecule has 4 heteroatoms. The van der Waals surface area contributed by atoms with E-state index in [1.54, 1.807) is 0 Å². The van der Waals surface area contributed by atoms with Crippen LogP contribution >= 0.6 is 0 Å². The van der Waals surface area contributed by atoms with Gasteiger partial charge in [0.15, 0.2) is 0 Å². The van der Waals surface area contributed by atoms with Gasteiger partial charge in [-0.1, -0.05) is 25.1 Å². The molecule has 2 unspecified atom stereocenters. The molecule has 0 bridgehead atoms. The first-order chi connectivity index (χ1) is 10.2. The van der Waals surface area contributed by atoms with Gasteiger partial charge in [-0.25, -0.2) is 0 Å². The van der Waals surface area contributed by atoms with Crippen molar-refractivity contribution in [3.63, 3.8) is 0 Å². The molecule has 2 saturated heterocycles. The molecule has 1 amide bonds. The molecule has 3 atom stereocenters. The second-order valence-electron chi connectivity index (χ2n) is 6.28. The van der Waals surface area contributed by atoms with E-state index in [9.17, 15) is 4.79 Å². The van der Waals surface area contributed by atoms with Crippen LogP contribution in [0.15, 0.2) is 24.3 Å². The molecule has 2 heterocycles. The van der Waals surface area contributed by atoms with Crippen molar-refractivity contribution in [3.8, 4) is 0 Å². The molecule has 0 aliphatic carbocycles. The molecule has 0 spiro atoms. The number of hydrogen-bond donors (Lipinski definition) is 2. The van der Waals surface area contributed by atoms with Gasteiger partial charge in [-0.3, -0.25) is 4.79 Å². The molecule has 1 aromatic carbocycles. The molecular formula is C17H25N3O. The van der Waals surface area contributed by atoms with Crippen LogP contribution < -0.4 is 16.0 Å². The van der Waals surface area contributed by atoms with Gasteiger partial charge in [0, 0.05) is 37.3 Å². The van der Waals surface area contributed by atoms with Gasteiger partial charge in [0.25, 0.3) is 0 Å². The summed E-state index contributed by atoms with van der Waals surface area (Å²) in [6, 6.07) is 8.97. The Bertz CT molecular complexity index is 517. The number of benzene rings is 1. The average molecular weight is 287 g/mol. The number of rotatable bonds is 3. The van der Waals surface area contributed by atoms with E-state index in [1.807, 2.05) is 0 Å². The smallest absolute Gasteiger partial charge is 0.220 e. The monoisotopic (exact) mass is 287 g/mol. The van der Waals surface area contributed by atoms with Crippen LogP contribution in [0.25, 0.3) is 0 Å². The van der Waals surface area contributed by atoms with Gasteiger partial charge < -0.3 is 16.0 Å². The van der Waals surface area contributed by atoms with E-state index >= 15 is 0 Å². The fourth-order valence-electron chi connectivity index (χ4n) is 3.64. The fourth-order valence-corrected chi connectivity index (χ4v) is 3.64. The largest absolute Gasteiger partial charge is 0.371 e. The number of nitrogens with two attached hydrogens (primary N) is 1. The number of nitrogens with one attached hydrogen (secondary N) is 1. The molecule has 21 heavy (non-hydrogen) atoms. The predicted octanol–water partition coefficient (Wildman–Crippen LogP) is 2.20. The minimum Gasteiger partial charge on any atom is -0.371 e. The Morgan fingerprint density at radius 3 is 3.00 bits per heavy atom. The van der Waals surface area contributed by atoms with Crippen molar-refractivity contribution in [3.05, 3.63) is 29.8 Å². The van der Waals surface area contributed by atoms with E-state index in [0.29, 0.717) is 18.4 Å². The zero-order chi connectivity index (χ0) is 14.8. The van der Waals surface area contributed by atoms with Crippen LogP contribution in [0.4, 0.5) is 5.69 Å². The molecular weight excluding hydrogens is 262 g/mol. The lowest BCUT2D eigenvalue weighted by molar-refractivity contribution is -0.124. The van der Waals surface area contributed by atoms with Gasteiger partial charge in [-0.05, 0) is 36.8 Å². The lowest BCUT2D eigenvalue weighted by atomic mass is 9.84. The second kappa shape index (κ2) is 6.06. The Hall–Kier alpha value is -1.55. The van der Waals surface area contributed by atoms with Gasteiger partial charge in [0.2, 0.25) is 5.91 Å². The Kier molecular flexibility index (Phi) is 4.15. The average Bonchev–Trinajstić information content (AvgIpc) is 2.53. The number of hydrogen-bond acceptors (Lipinski definition) is 3. The minimum absolute atomic E-state index is 0.102. The van der Waals surface area contributed by atoms with E-state index < -0.39 is 0 Å². The van der Waals surface area contributed by atoms with Gasteiger partial charge in [-0.15, -0.1) is 0 Å². The topological polar surface area (TPSA) is 58.4 Å². The van der Waals surface area contributed by atoms with Crippen LogP contribution in [-0.4, -0.2) is 25.0 Å². The van der Waals surface area contributed by atoms with Crippen molar-refractivity contribution < 1.29 is 4.79 Å². The maximum Gasteiger partial charge on any atom is 0.220 e. The Morgan fingerprint density at radius 2 is 2.19 bits per heavy atom. The van der Waals surface area contributed by atoms with Crippen LogP contribution in [-0.2, 0) is 4.79 Å². The first kappa shape index (κ1) is 14.4. The van der Waals surface area contributed by atoms with Crippen molar-refractivity contribution in [1.82, 2.24) is 5.32 Å². The number of para-hydroxylation sites is 1. The van der Waals surface area contributed by atoms with Crippen molar-refractivity contribution >= 4 is 11.6 Å². The predicted molar refractivity (Wildman–Crippen MR) is 85.1 cm³/mol. The van der Waals surface area contributed by atoms with E-state index in [2.05, 4.69) is 41.4 Å². The van der Waals surface area contributed by atoms with E-state index in [-0.39, 0.29) is 11.9 Å². The molecule has 4 nitrogen and oxygen atoms in total. The van der Waals surface area contributed by atoms with E-state index in [0.717, 1.165) is 32.4 Å². The number of carbonyl (C=O) groups is 1. The van der Waals surface area contributed by atoms with E-state index in [1.165, 1.54) is 11.3 Å². The van der Waals surface area contributed by atoms with Crippen molar-refractivity contribution in [1.29, 1.82) is 0 Å². The molecule has 3 rings (SSSR count). The van der Waals surface area contributed by atoms with Crippen LogP contribution in [0.3, 0.4) is 0 Å². The quantitative estimate of drug-likeness (QED) is 0.896. The lowest BCUT2D eigenvalue weighted by Crippen LogP contribution is -2.54. The van der Waals surface area contributed by atoms with Crippen LogP contribution in [0, 0.1) is 5.92 Å². The molecule has 2 aliphatic rings. The zero-order valence-corrected chi connectivity index (χ0v) is 12.7. The number of carbonyl (C=O) groups excluding carboxylic acids is 1. The molecule has 1 aromatic rings. The van der Waals surface area contributed by atoms with E-state index in [4.69, 9.17) is 5.73 Å². The standard InChI is InChI=1S/C17H25N3O/c1-2-14(18)13-5-3-4-6-16(13)20-10-9-15-12(11-20)7-8-17(21)19-15/h3-6,12,14-15H,2,7-11,18H2,1H3,(H,19,21)/t12?,14-,15?/m0/s1. The summed E-state index contributed by atoms with van der Waals surface area (Å²) in [5, 5.41) is 3.15. The zero-order valence-electron chi connectivity index (χ0n) is 12.7. The van der Waals surface area contributed by atoms with Crippen LogP contribution in [0.2, 0.25) is 0 Å². The van der Waals surface area contributed by atoms with Gasteiger partial charge in [-0.2, -0.15) is 0 Å². The molecule has 2 aliphatic heterocycles. The summed E-state index contributed by atoms with van der Waals surface area (Å²) in [4.78, 5) is 14.0. The van der Waals surface area contributed by atoms with Gasteiger partial charge in [0.1, 0.15) is 0 Å². The highest BCUT2D eigenvalue weighted by Crippen LogP contribution is 2.32. The second-order valence-corrected chi connectivity index (χ2v) is 6.28. The molecule has 114 valence electrons. The number of amides is 1. The Labute approximate surface area is 126 Å². The summed E-state index contributed by atoms with van der Waals surface area (Å²) in [6.07, 6.45) is 3.67. The highest BCUT2D eigenvalue weighted by Gasteiger charge is 2.34. The first-order valence-electron chi connectivity index (χ1n) is 8.08. The Balaban J connectivity index is 1.78. The number of piperidine rings is 2. The first-order valence-corrected chi connectivity index (χ1v) is 8.08. The molecule has 0 aromatic heterocycles. The van der Waals surface area contributed by atoms with Crippen LogP contribution in [0.1, 0.15) is 44.2 Å². The highest BCUT2D eigenvalue weighted by molar-refractivity contribution is 5.77. The summed E-state index contributed by atoms with van der Waals surface area (Å²) >= 11 is 0. The third kappa shape index (κ3) is 2.91. The summed E-state index contributed by atoms with van der Waals surface area (Å²) in [5.41, 5.74) is 8.80. The number of nitrogens with zero attached hydrogens (tertiary/aromatic N) is 1. The van der Waals surface area contributed by atoms with Crippen molar-refractivity contribution in [2.24, 2.45) is 11.7 Å². The summed E-state index contributed by atoms with van der Waals surface area (Å²) in [5.74, 6) is 0.792. The molecule has 3 N–H and O–H groups in total. The van der Waals surface area contributed by atoms with Gasteiger partial charge in [0.05, 0.1) is 0 Å². The van der Waals surface area contributed by atoms with Crippen LogP contribution in [0.5, 0.6) is 0 Å². The minimum atomic E-state index is 0.102. The molecule has 0 saturated carbocycles. The Morgan fingerprint density at radius 1 is 1.38 bits per heavy atom. The van der Waals surface area contributed by atoms with Crippen molar-refractivity contribution in [2.75, 3.05) is 18.0 Å². The maximum atomic E-state index is 11.5. The number of anilines is 1. The third-order valence-corrected chi connectivity index (χ3v) is 4.94. The summed E-state index contributed by atoms with van der Waals surface area (Å²) in [6.45, 7) is 4.15.